The van der Waals surface area contributed by atoms with E-state index in [2.05, 4.69) is 15.4 Å². The van der Waals surface area contributed by atoms with Crippen LogP contribution in [-0.4, -0.2) is 56.8 Å². The van der Waals surface area contributed by atoms with Crippen molar-refractivity contribution in [3.05, 3.63) is 35.8 Å². The number of carbonyl (C=O) groups excluding carboxylic acids is 2. The number of halogens is 3. The number of likely N-dealkylation sites (tertiary alicyclic amines) is 1. The summed E-state index contributed by atoms with van der Waals surface area (Å²) in [5.41, 5.74) is 0.993. The van der Waals surface area contributed by atoms with Crippen LogP contribution >= 0.6 is 0 Å². The average Bonchev–Trinajstić information content (AvgIpc) is 3.42. The third kappa shape index (κ3) is 5.76. The molecule has 3 heterocycles. The molecular weight excluding hydrogens is 463 g/mol. The van der Waals surface area contributed by atoms with Crippen LogP contribution in [0.3, 0.4) is 0 Å². The maximum atomic E-state index is 13.1. The zero-order chi connectivity index (χ0) is 25.2. The number of nitrogens with one attached hydrogen (secondary N) is 1. The molecule has 2 amide bonds. The summed E-state index contributed by atoms with van der Waals surface area (Å²) in [6.07, 6.45) is -0.650. The van der Waals surface area contributed by atoms with Crippen LogP contribution in [0.1, 0.15) is 54.7 Å². The Morgan fingerprint density at radius 1 is 1.20 bits per heavy atom. The van der Waals surface area contributed by atoms with Crippen molar-refractivity contribution in [2.24, 2.45) is 18.9 Å². The number of hydrogen-bond donors (Lipinski definition) is 1. The van der Waals surface area contributed by atoms with Crippen LogP contribution in [0.25, 0.3) is 0 Å². The molecule has 1 unspecified atom stereocenters. The fourth-order valence-electron chi connectivity index (χ4n) is 4.86. The van der Waals surface area contributed by atoms with Crippen molar-refractivity contribution >= 4 is 17.6 Å². The normalized spacial score (nSPS) is 22.8. The maximum Gasteiger partial charge on any atom is 0.391 e. The van der Waals surface area contributed by atoms with Gasteiger partial charge in [0.1, 0.15) is 6.61 Å². The van der Waals surface area contributed by atoms with E-state index in [0.29, 0.717) is 18.1 Å². The first-order valence-electron chi connectivity index (χ1n) is 11.9. The molecule has 2 aromatic rings. The maximum absolute atomic E-state index is 13.1. The van der Waals surface area contributed by atoms with Gasteiger partial charge in [0.2, 0.25) is 5.91 Å². The molecule has 2 aliphatic rings. The molecule has 1 saturated heterocycles. The predicted octanol–water partition coefficient (Wildman–Crippen LogP) is 4.11. The van der Waals surface area contributed by atoms with E-state index in [1.165, 1.54) is 6.20 Å². The second-order valence-corrected chi connectivity index (χ2v) is 9.33. The molecule has 0 radical (unpaired) electrons. The summed E-state index contributed by atoms with van der Waals surface area (Å²) in [7, 11) is 1.77. The van der Waals surface area contributed by atoms with E-state index in [1.54, 1.807) is 34.8 Å². The number of ether oxygens (including phenoxy) is 1. The molecule has 1 aliphatic heterocycles. The molecule has 1 N–H and O–H groups in total. The number of alkyl halides is 3. The summed E-state index contributed by atoms with van der Waals surface area (Å²) in [4.78, 5) is 31.8. The highest BCUT2D eigenvalue weighted by atomic mass is 19.4. The number of aromatic nitrogens is 3. The quantitative estimate of drug-likeness (QED) is 0.654. The van der Waals surface area contributed by atoms with Crippen molar-refractivity contribution in [1.82, 2.24) is 19.7 Å². The Morgan fingerprint density at radius 3 is 2.60 bits per heavy atom. The first kappa shape index (κ1) is 25.0. The number of nitrogens with zero attached hydrogens (tertiary/aromatic N) is 4. The van der Waals surface area contributed by atoms with Gasteiger partial charge in [-0.15, -0.1) is 0 Å². The Labute approximate surface area is 201 Å². The zero-order valence-electron chi connectivity index (χ0n) is 19.8. The van der Waals surface area contributed by atoms with Gasteiger partial charge in [-0.25, -0.2) is 4.98 Å². The first-order valence-corrected chi connectivity index (χ1v) is 11.9. The highest BCUT2D eigenvalue weighted by Gasteiger charge is 2.44. The second-order valence-electron chi connectivity index (χ2n) is 9.33. The van der Waals surface area contributed by atoms with Crippen molar-refractivity contribution in [3.8, 4) is 5.75 Å². The fourth-order valence-corrected chi connectivity index (χ4v) is 4.86. The van der Waals surface area contributed by atoms with Gasteiger partial charge in [-0.2, -0.15) is 18.3 Å². The number of aryl methyl sites for hydroxylation is 2. The molecule has 4 rings (SSSR count). The minimum Gasteiger partial charge on any atom is -0.489 e. The summed E-state index contributed by atoms with van der Waals surface area (Å²) in [5, 5.41) is 6.93. The van der Waals surface area contributed by atoms with Crippen molar-refractivity contribution in [2.45, 2.75) is 57.7 Å². The fraction of sp³-hybridized carbons (Fsp3) is 0.583. The lowest BCUT2D eigenvalue weighted by Crippen LogP contribution is -2.44. The molecule has 1 atom stereocenters. The van der Waals surface area contributed by atoms with E-state index >= 15 is 0 Å². The van der Waals surface area contributed by atoms with Crippen molar-refractivity contribution in [3.63, 3.8) is 0 Å². The second kappa shape index (κ2) is 10.2. The van der Waals surface area contributed by atoms with E-state index in [-0.39, 0.29) is 55.9 Å². The minimum atomic E-state index is -4.19. The van der Waals surface area contributed by atoms with Crippen LogP contribution in [0, 0.1) is 18.8 Å². The largest absolute Gasteiger partial charge is 0.489 e. The predicted molar refractivity (Wildman–Crippen MR) is 122 cm³/mol. The summed E-state index contributed by atoms with van der Waals surface area (Å²) >= 11 is 0. The van der Waals surface area contributed by atoms with Gasteiger partial charge in [0.25, 0.3) is 5.91 Å². The lowest BCUT2D eigenvalue weighted by molar-refractivity contribution is -0.185. The summed E-state index contributed by atoms with van der Waals surface area (Å²) < 4.78 is 46.5. The smallest absolute Gasteiger partial charge is 0.391 e. The average molecular weight is 494 g/mol. The minimum absolute atomic E-state index is 0.00113. The van der Waals surface area contributed by atoms with E-state index in [4.69, 9.17) is 4.74 Å². The zero-order valence-corrected chi connectivity index (χ0v) is 19.8. The Bertz CT molecular complexity index is 1040. The van der Waals surface area contributed by atoms with Crippen molar-refractivity contribution < 1.29 is 27.5 Å². The van der Waals surface area contributed by atoms with E-state index in [1.807, 2.05) is 6.92 Å². The Kier molecular flexibility index (Phi) is 7.32. The number of hydrogen-bond acceptors (Lipinski definition) is 5. The molecule has 11 heteroatoms. The first-order chi connectivity index (χ1) is 16.6. The monoisotopic (exact) mass is 493 g/mol. The van der Waals surface area contributed by atoms with Gasteiger partial charge in [-0.1, -0.05) is 0 Å². The summed E-state index contributed by atoms with van der Waals surface area (Å²) in [6.45, 7) is 2.61. The van der Waals surface area contributed by atoms with Gasteiger partial charge in [0, 0.05) is 37.5 Å². The lowest BCUT2D eigenvalue weighted by Gasteiger charge is -2.33. The van der Waals surface area contributed by atoms with Crippen LogP contribution in [0.5, 0.6) is 5.75 Å². The number of amides is 2. The van der Waals surface area contributed by atoms with Gasteiger partial charge in [0.15, 0.2) is 17.3 Å². The van der Waals surface area contributed by atoms with Gasteiger partial charge >= 0.3 is 6.18 Å². The molecular formula is C24H30F3N5O3. The standard InChI is InChI=1S/C24H30F3N5O3/c1-15-13-20(30-31(15)2)29-22(33)21-19(6-3-11-28-21)35-14-18-5-4-12-32(18)23(34)16-7-9-17(10-8-16)24(25,26)27/h3,6,11,13,16-18H,4-5,7-10,12,14H2,1-2H3,(H,29,30,33). The van der Waals surface area contributed by atoms with E-state index in [9.17, 15) is 22.8 Å². The Morgan fingerprint density at radius 2 is 1.94 bits per heavy atom. The highest BCUT2D eigenvalue weighted by Crippen LogP contribution is 2.40. The van der Waals surface area contributed by atoms with Crippen LogP contribution in [0.2, 0.25) is 0 Å². The molecule has 1 saturated carbocycles. The molecule has 0 aromatic carbocycles. The number of pyridine rings is 1. The highest BCUT2D eigenvalue weighted by molar-refractivity contribution is 6.04. The topological polar surface area (TPSA) is 89.3 Å². The van der Waals surface area contributed by atoms with Crippen molar-refractivity contribution in [2.75, 3.05) is 18.5 Å². The molecule has 8 nitrogen and oxygen atoms in total. The summed E-state index contributed by atoms with van der Waals surface area (Å²) in [6, 6.07) is 4.85. The summed E-state index contributed by atoms with van der Waals surface area (Å²) in [5.74, 6) is -1.54. The van der Waals surface area contributed by atoms with Crippen LogP contribution in [-0.2, 0) is 11.8 Å². The number of rotatable bonds is 6. The van der Waals surface area contributed by atoms with Gasteiger partial charge in [-0.3, -0.25) is 14.3 Å². The van der Waals surface area contributed by atoms with Gasteiger partial charge < -0.3 is 15.0 Å². The van der Waals surface area contributed by atoms with Crippen LogP contribution < -0.4 is 10.1 Å². The van der Waals surface area contributed by atoms with E-state index in [0.717, 1.165) is 18.5 Å². The van der Waals surface area contributed by atoms with Crippen molar-refractivity contribution in [1.29, 1.82) is 0 Å². The molecule has 0 bridgehead atoms. The van der Waals surface area contributed by atoms with Crippen LogP contribution in [0.15, 0.2) is 24.4 Å². The SMILES string of the molecule is Cc1cc(NC(=O)c2ncccc2OCC2CCCN2C(=O)C2CCC(C(F)(F)F)CC2)nn1C. The third-order valence-electron chi connectivity index (χ3n) is 6.97. The molecule has 0 spiro atoms. The van der Waals surface area contributed by atoms with Crippen LogP contribution in [0.4, 0.5) is 19.0 Å². The van der Waals surface area contributed by atoms with E-state index < -0.39 is 18.0 Å². The Hall–Kier alpha value is -3.11. The number of carbonyl (C=O) groups is 2. The molecule has 1 aliphatic carbocycles. The molecule has 2 aromatic heterocycles. The van der Waals surface area contributed by atoms with Gasteiger partial charge in [0.05, 0.1) is 12.0 Å². The number of anilines is 1. The Balaban J connectivity index is 1.36. The van der Waals surface area contributed by atoms with Gasteiger partial charge in [-0.05, 0) is 57.6 Å². The molecule has 190 valence electrons. The third-order valence-corrected chi connectivity index (χ3v) is 6.97. The molecule has 2 fully saturated rings. The molecule has 35 heavy (non-hydrogen) atoms. The lowest BCUT2D eigenvalue weighted by atomic mass is 9.81.